The summed E-state index contributed by atoms with van der Waals surface area (Å²) in [6.07, 6.45) is -4.54. The summed E-state index contributed by atoms with van der Waals surface area (Å²) in [5.41, 5.74) is 11.5. The van der Waals surface area contributed by atoms with E-state index in [1.807, 2.05) is 0 Å². The Bertz CT molecular complexity index is 1060. The highest BCUT2D eigenvalue weighted by Crippen LogP contribution is 2.35. The molecule has 0 aliphatic rings. The van der Waals surface area contributed by atoms with Crippen molar-refractivity contribution < 1.29 is 22.8 Å². The average molecular weight is 405 g/mol. The number of carbonyl (C=O) groups is 1. The molecule has 152 valence electrons. The number of aromatic nitrogens is 1. The van der Waals surface area contributed by atoms with Crippen LogP contribution in [0.5, 0.6) is 5.75 Å². The molecular weight excluding hydrogens is 387 g/mol. The number of oxime groups is 1. The predicted molar refractivity (Wildman–Crippen MR) is 102 cm³/mol. The van der Waals surface area contributed by atoms with Crippen molar-refractivity contribution >= 4 is 22.8 Å². The monoisotopic (exact) mass is 405 g/mol. The minimum Gasteiger partial charge on any atom is -0.367 e. The van der Waals surface area contributed by atoms with Crippen molar-refractivity contribution in [3.8, 4) is 5.75 Å². The standard InChI is InChI=1S/C19H18F3N5O2/c1-27(18(24)26-29-12-7-5-11(10-23)6-8-12)17(28)16-9-13-14(19(20,21)22)3-2-4-15(13)25-16/h2-9,25H,10,23H2,1H3,(H2,24,26). The Kier molecular flexibility index (Phi) is 5.46. The topological polar surface area (TPSA) is 110 Å². The number of nitrogens with two attached hydrogens (primary N) is 2. The fourth-order valence-corrected chi connectivity index (χ4v) is 2.65. The van der Waals surface area contributed by atoms with Crippen LogP contribution in [0.25, 0.3) is 10.9 Å². The maximum atomic E-state index is 13.2. The maximum Gasteiger partial charge on any atom is 0.417 e. The smallest absolute Gasteiger partial charge is 0.367 e. The molecule has 0 aliphatic heterocycles. The molecule has 0 saturated heterocycles. The van der Waals surface area contributed by atoms with E-state index >= 15 is 0 Å². The Morgan fingerprint density at radius 2 is 1.90 bits per heavy atom. The highest BCUT2D eigenvalue weighted by Gasteiger charge is 2.33. The normalized spacial score (nSPS) is 12.2. The van der Waals surface area contributed by atoms with Gasteiger partial charge in [-0.1, -0.05) is 18.2 Å². The number of alkyl halides is 3. The number of H-pyrrole nitrogens is 1. The zero-order valence-corrected chi connectivity index (χ0v) is 15.3. The molecule has 0 aliphatic carbocycles. The summed E-state index contributed by atoms with van der Waals surface area (Å²) >= 11 is 0. The van der Waals surface area contributed by atoms with Gasteiger partial charge in [-0.2, -0.15) is 13.2 Å². The predicted octanol–water partition coefficient (Wildman–Crippen LogP) is 3.03. The van der Waals surface area contributed by atoms with Gasteiger partial charge in [0.1, 0.15) is 5.69 Å². The van der Waals surface area contributed by atoms with Crippen LogP contribution in [0.15, 0.2) is 53.7 Å². The molecule has 3 aromatic rings. The maximum absolute atomic E-state index is 13.2. The van der Waals surface area contributed by atoms with E-state index in [1.54, 1.807) is 24.3 Å². The largest absolute Gasteiger partial charge is 0.417 e. The first kappa shape index (κ1) is 20.2. The number of nitrogens with one attached hydrogen (secondary N) is 1. The Hall–Kier alpha value is -3.53. The van der Waals surface area contributed by atoms with E-state index in [4.69, 9.17) is 16.3 Å². The Morgan fingerprint density at radius 1 is 1.21 bits per heavy atom. The average Bonchev–Trinajstić information content (AvgIpc) is 3.14. The van der Waals surface area contributed by atoms with Crippen LogP contribution < -0.4 is 16.3 Å². The van der Waals surface area contributed by atoms with Crippen LogP contribution in [-0.2, 0) is 12.7 Å². The van der Waals surface area contributed by atoms with E-state index in [1.165, 1.54) is 19.2 Å². The van der Waals surface area contributed by atoms with Crippen molar-refractivity contribution in [2.24, 2.45) is 16.6 Å². The molecule has 0 radical (unpaired) electrons. The van der Waals surface area contributed by atoms with Gasteiger partial charge in [-0.25, -0.2) is 0 Å². The lowest BCUT2D eigenvalue weighted by Gasteiger charge is -2.14. The molecule has 3 rings (SSSR count). The van der Waals surface area contributed by atoms with Crippen LogP contribution >= 0.6 is 0 Å². The van der Waals surface area contributed by atoms with E-state index in [0.717, 1.165) is 22.6 Å². The number of amides is 1. The van der Waals surface area contributed by atoms with Gasteiger partial charge in [0.25, 0.3) is 5.91 Å². The Morgan fingerprint density at radius 3 is 2.52 bits per heavy atom. The van der Waals surface area contributed by atoms with Crippen molar-refractivity contribution in [2.75, 3.05) is 7.05 Å². The van der Waals surface area contributed by atoms with Crippen LogP contribution in [-0.4, -0.2) is 28.8 Å². The summed E-state index contributed by atoms with van der Waals surface area (Å²) in [4.78, 5) is 21.4. The number of benzene rings is 2. The molecule has 29 heavy (non-hydrogen) atoms. The van der Waals surface area contributed by atoms with Crippen LogP contribution in [0.1, 0.15) is 21.6 Å². The number of rotatable bonds is 4. The van der Waals surface area contributed by atoms with Crippen LogP contribution in [0.3, 0.4) is 0 Å². The lowest BCUT2D eigenvalue weighted by Crippen LogP contribution is -2.39. The van der Waals surface area contributed by atoms with E-state index in [-0.39, 0.29) is 22.6 Å². The SMILES string of the molecule is CN(C(=O)c1cc2c(C(F)(F)F)cccc2[nH]1)C(N)=NOc1ccc(CN)cc1. The van der Waals surface area contributed by atoms with Gasteiger partial charge in [0.05, 0.1) is 5.56 Å². The van der Waals surface area contributed by atoms with Crippen LogP contribution in [0.4, 0.5) is 13.2 Å². The molecular formula is C19H18F3N5O2. The second-order valence-electron chi connectivity index (χ2n) is 6.20. The molecule has 0 saturated carbocycles. The summed E-state index contributed by atoms with van der Waals surface area (Å²) < 4.78 is 39.5. The molecule has 0 bridgehead atoms. The quantitative estimate of drug-likeness (QED) is 0.352. The highest BCUT2D eigenvalue weighted by molar-refractivity contribution is 6.06. The number of guanidine groups is 1. The fraction of sp³-hybridized carbons (Fsp3) is 0.158. The minimum atomic E-state index is -4.54. The molecule has 0 fully saturated rings. The molecule has 5 N–H and O–H groups in total. The molecule has 10 heteroatoms. The first-order chi connectivity index (χ1) is 13.7. The lowest BCUT2D eigenvalue weighted by atomic mass is 10.1. The second-order valence-corrected chi connectivity index (χ2v) is 6.20. The van der Waals surface area contributed by atoms with Crippen molar-refractivity contribution in [2.45, 2.75) is 12.7 Å². The Labute approximate surface area is 163 Å². The number of nitrogens with zero attached hydrogens (tertiary/aromatic N) is 2. The molecule has 1 amide bonds. The third-order valence-electron chi connectivity index (χ3n) is 4.25. The molecule has 0 spiro atoms. The fourth-order valence-electron chi connectivity index (χ4n) is 2.65. The molecule has 1 aromatic heterocycles. The molecule has 2 aromatic carbocycles. The van der Waals surface area contributed by atoms with Gasteiger partial charge in [0.15, 0.2) is 5.75 Å². The summed E-state index contributed by atoms with van der Waals surface area (Å²) in [7, 11) is 1.33. The number of aromatic amines is 1. The van der Waals surface area contributed by atoms with Crippen molar-refractivity contribution in [3.63, 3.8) is 0 Å². The molecule has 0 atom stereocenters. The Balaban J connectivity index is 1.80. The van der Waals surface area contributed by atoms with Crippen LogP contribution in [0, 0.1) is 0 Å². The second kappa shape index (κ2) is 7.84. The molecule has 0 unspecified atom stereocenters. The van der Waals surface area contributed by atoms with Gasteiger partial charge < -0.3 is 21.3 Å². The first-order valence-corrected chi connectivity index (χ1v) is 8.47. The summed E-state index contributed by atoms with van der Waals surface area (Å²) in [6, 6.07) is 11.6. The van der Waals surface area contributed by atoms with E-state index < -0.39 is 17.6 Å². The minimum absolute atomic E-state index is 0.0651. The number of fused-ring (bicyclic) bond motifs is 1. The van der Waals surface area contributed by atoms with Gasteiger partial charge in [-0.05, 0) is 41.1 Å². The summed E-state index contributed by atoms with van der Waals surface area (Å²) in [5.74, 6) is -0.559. The van der Waals surface area contributed by atoms with Gasteiger partial charge in [0, 0.05) is 24.5 Å². The number of hydrogen-bond donors (Lipinski definition) is 3. The van der Waals surface area contributed by atoms with E-state index in [0.29, 0.717) is 12.3 Å². The van der Waals surface area contributed by atoms with Crippen molar-refractivity contribution in [3.05, 3.63) is 65.4 Å². The van der Waals surface area contributed by atoms with E-state index in [2.05, 4.69) is 10.1 Å². The number of halogens is 3. The van der Waals surface area contributed by atoms with Crippen LogP contribution in [0.2, 0.25) is 0 Å². The first-order valence-electron chi connectivity index (χ1n) is 8.47. The molecule has 1 heterocycles. The zero-order valence-electron chi connectivity index (χ0n) is 15.3. The third kappa shape index (κ3) is 4.32. The zero-order chi connectivity index (χ0) is 21.2. The van der Waals surface area contributed by atoms with Gasteiger partial charge in [0.2, 0.25) is 5.96 Å². The number of carbonyl (C=O) groups excluding carboxylic acids is 1. The van der Waals surface area contributed by atoms with Crippen molar-refractivity contribution in [1.82, 2.24) is 9.88 Å². The summed E-state index contributed by atoms with van der Waals surface area (Å²) in [5, 5.41) is 3.57. The molecule has 7 nitrogen and oxygen atoms in total. The highest BCUT2D eigenvalue weighted by atomic mass is 19.4. The van der Waals surface area contributed by atoms with Gasteiger partial charge in [-0.15, -0.1) is 0 Å². The van der Waals surface area contributed by atoms with Gasteiger partial charge in [-0.3, -0.25) is 9.69 Å². The lowest BCUT2D eigenvalue weighted by molar-refractivity contribution is -0.136. The van der Waals surface area contributed by atoms with Gasteiger partial charge >= 0.3 is 6.18 Å². The third-order valence-corrected chi connectivity index (χ3v) is 4.25. The number of hydrogen-bond acceptors (Lipinski definition) is 4. The van der Waals surface area contributed by atoms with E-state index in [9.17, 15) is 18.0 Å². The summed E-state index contributed by atoms with van der Waals surface area (Å²) in [6.45, 7) is 0.378. The van der Waals surface area contributed by atoms with Crippen molar-refractivity contribution in [1.29, 1.82) is 0 Å².